The number of para-hydroxylation sites is 1. The SMILES string of the molecule is CCc1ccc(-n2cc(C(=O)OC)c3nn(-c4ccccc4C)c(=O)c-3c2)cc1. The summed E-state index contributed by atoms with van der Waals surface area (Å²) in [6.07, 6.45) is 4.31. The quantitative estimate of drug-likeness (QED) is 0.500. The first-order chi connectivity index (χ1) is 14.0. The Morgan fingerprint density at radius 3 is 2.45 bits per heavy atom. The van der Waals surface area contributed by atoms with Crippen molar-refractivity contribution in [1.29, 1.82) is 0 Å². The summed E-state index contributed by atoms with van der Waals surface area (Å²) in [5.74, 6) is -0.538. The highest BCUT2D eigenvalue weighted by molar-refractivity contribution is 5.96. The Kier molecular flexibility index (Phi) is 4.76. The maximum absolute atomic E-state index is 13.2. The lowest BCUT2D eigenvalue weighted by Crippen LogP contribution is -2.16. The van der Waals surface area contributed by atoms with Gasteiger partial charge in [-0.15, -0.1) is 0 Å². The van der Waals surface area contributed by atoms with Gasteiger partial charge in [-0.05, 0) is 42.7 Å². The van der Waals surface area contributed by atoms with Gasteiger partial charge in [-0.3, -0.25) is 4.79 Å². The van der Waals surface area contributed by atoms with Gasteiger partial charge in [0.2, 0.25) is 0 Å². The van der Waals surface area contributed by atoms with Gasteiger partial charge in [-0.2, -0.15) is 9.78 Å². The number of benzene rings is 2. The van der Waals surface area contributed by atoms with E-state index in [0.717, 1.165) is 17.7 Å². The smallest absolute Gasteiger partial charge is 0.341 e. The van der Waals surface area contributed by atoms with Gasteiger partial charge in [0, 0.05) is 18.1 Å². The average molecular weight is 387 g/mol. The first kappa shape index (κ1) is 18.7. The molecule has 0 saturated carbocycles. The van der Waals surface area contributed by atoms with Crippen LogP contribution in [0, 0.1) is 6.92 Å². The van der Waals surface area contributed by atoms with Crippen LogP contribution in [0.2, 0.25) is 0 Å². The predicted octanol–water partition coefficient (Wildman–Crippen LogP) is 3.79. The van der Waals surface area contributed by atoms with Crippen molar-refractivity contribution in [1.82, 2.24) is 14.3 Å². The van der Waals surface area contributed by atoms with Crippen LogP contribution >= 0.6 is 0 Å². The zero-order valence-electron chi connectivity index (χ0n) is 16.5. The average Bonchev–Trinajstić information content (AvgIpc) is 3.09. The number of rotatable bonds is 4. The van der Waals surface area contributed by atoms with Crippen LogP contribution in [-0.4, -0.2) is 27.4 Å². The van der Waals surface area contributed by atoms with Gasteiger partial charge in [0.05, 0.1) is 18.4 Å². The summed E-state index contributed by atoms with van der Waals surface area (Å²) in [6.45, 7) is 4.00. The van der Waals surface area contributed by atoms with Crippen LogP contribution in [0.4, 0.5) is 0 Å². The molecule has 0 N–H and O–H groups in total. The second kappa shape index (κ2) is 7.39. The highest BCUT2D eigenvalue weighted by Crippen LogP contribution is 2.25. The molecule has 29 heavy (non-hydrogen) atoms. The van der Waals surface area contributed by atoms with Crippen molar-refractivity contribution in [3.63, 3.8) is 0 Å². The number of nitrogens with zero attached hydrogens (tertiary/aromatic N) is 3. The molecular formula is C23H21N3O3. The number of ether oxygens (including phenoxy) is 1. The number of esters is 1. The van der Waals surface area contributed by atoms with Crippen molar-refractivity contribution < 1.29 is 9.53 Å². The van der Waals surface area contributed by atoms with Crippen molar-refractivity contribution >= 4 is 5.97 Å². The summed E-state index contributed by atoms with van der Waals surface area (Å²) >= 11 is 0. The van der Waals surface area contributed by atoms with E-state index in [-0.39, 0.29) is 11.1 Å². The van der Waals surface area contributed by atoms with Crippen LogP contribution < -0.4 is 5.56 Å². The topological polar surface area (TPSA) is 66.1 Å². The normalized spacial score (nSPS) is 11.0. The van der Waals surface area contributed by atoms with Crippen molar-refractivity contribution in [3.8, 4) is 22.6 Å². The highest BCUT2D eigenvalue weighted by Gasteiger charge is 2.25. The fourth-order valence-corrected chi connectivity index (χ4v) is 3.38. The molecule has 6 heteroatoms. The summed E-state index contributed by atoms with van der Waals surface area (Å²) in [5.41, 5.74) is 4.30. The molecule has 2 aromatic carbocycles. The maximum Gasteiger partial charge on any atom is 0.341 e. The van der Waals surface area contributed by atoms with E-state index >= 15 is 0 Å². The molecule has 0 aromatic heterocycles. The second-order valence-corrected chi connectivity index (χ2v) is 6.86. The lowest BCUT2D eigenvalue weighted by Gasteiger charge is -2.12. The number of hydrogen-bond acceptors (Lipinski definition) is 4. The molecule has 2 aromatic rings. The molecule has 0 unspecified atom stereocenters. The van der Waals surface area contributed by atoms with Crippen LogP contribution in [0.3, 0.4) is 0 Å². The van der Waals surface area contributed by atoms with Crippen LogP contribution in [0.1, 0.15) is 28.4 Å². The monoisotopic (exact) mass is 387 g/mol. The third kappa shape index (κ3) is 3.23. The van der Waals surface area contributed by atoms with E-state index in [1.54, 1.807) is 17.0 Å². The van der Waals surface area contributed by atoms with Crippen molar-refractivity contribution in [2.75, 3.05) is 7.11 Å². The molecule has 146 valence electrons. The summed E-state index contributed by atoms with van der Waals surface area (Å²) in [5, 5.41) is 4.46. The number of aryl methyl sites for hydroxylation is 2. The standard InChI is InChI=1S/C23H21N3O3/c1-4-16-9-11-17(12-10-16)25-13-18-21(19(14-25)23(28)29-3)24-26(22(18)27)20-8-6-5-7-15(20)2/h5-14H,4H2,1-3H3. The van der Waals surface area contributed by atoms with Crippen molar-refractivity contribution in [2.45, 2.75) is 20.3 Å². The largest absolute Gasteiger partial charge is 0.465 e. The van der Waals surface area contributed by atoms with Crippen LogP contribution in [0.5, 0.6) is 0 Å². The van der Waals surface area contributed by atoms with Gasteiger partial charge in [-0.25, -0.2) is 4.79 Å². The van der Waals surface area contributed by atoms with Crippen molar-refractivity contribution in [3.05, 3.63) is 88.0 Å². The van der Waals surface area contributed by atoms with Crippen LogP contribution in [0.25, 0.3) is 22.6 Å². The molecule has 2 heterocycles. The minimum atomic E-state index is -0.538. The molecular weight excluding hydrogens is 366 g/mol. The Morgan fingerprint density at radius 1 is 1.07 bits per heavy atom. The van der Waals surface area contributed by atoms with Gasteiger partial charge >= 0.3 is 5.97 Å². The molecule has 0 saturated heterocycles. The molecule has 0 spiro atoms. The van der Waals surface area contributed by atoms with E-state index in [0.29, 0.717) is 16.9 Å². The van der Waals surface area contributed by atoms with E-state index in [9.17, 15) is 9.59 Å². The second-order valence-electron chi connectivity index (χ2n) is 6.86. The summed E-state index contributed by atoms with van der Waals surface area (Å²) in [6, 6.07) is 15.5. The Balaban J connectivity index is 1.97. The third-order valence-electron chi connectivity index (χ3n) is 5.06. The molecule has 0 atom stereocenters. The number of hydrogen-bond donors (Lipinski definition) is 0. The van der Waals surface area contributed by atoms with E-state index < -0.39 is 5.97 Å². The van der Waals surface area contributed by atoms with E-state index in [1.165, 1.54) is 17.4 Å². The Hall–Kier alpha value is -3.67. The fourth-order valence-electron chi connectivity index (χ4n) is 3.38. The van der Waals surface area contributed by atoms with Crippen LogP contribution in [-0.2, 0) is 11.2 Å². The number of fused-ring (bicyclic) bond motifs is 1. The molecule has 2 aliphatic rings. The number of aromatic nitrogens is 3. The van der Waals surface area contributed by atoms with Gasteiger partial charge in [0.15, 0.2) is 0 Å². The minimum absolute atomic E-state index is 0.244. The zero-order chi connectivity index (χ0) is 20.5. The minimum Gasteiger partial charge on any atom is -0.465 e. The van der Waals surface area contributed by atoms with Crippen molar-refractivity contribution in [2.24, 2.45) is 0 Å². The predicted molar refractivity (Wildman–Crippen MR) is 111 cm³/mol. The van der Waals surface area contributed by atoms with E-state index in [2.05, 4.69) is 12.0 Å². The molecule has 2 aliphatic heterocycles. The highest BCUT2D eigenvalue weighted by atomic mass is 16.5. The number of carbonyl (C=O) groups is 1. The first-order valence-electron chi connectivity index (χ1n) is 9.42. The Morgan fingerprint density at radius 2 is 1.79 bits per heavy atom. The van der Waals surface area contributed by atoms with Crippen LogP contribution in [0.15, 0.2) is 65.7 Å². The summed E-state index contributed by atoms with van der Waals surface area (Å²) < 4.78 is 8.05. The molecule has 6 nitrogen and oxygen atoms in total. The number of pyridine rings is 1. The number of carbonyl (C=O) groups excluding carboxylic acids is 1. The summed E-state index contributed by atoms with van der Waals surface area (Å²) in [7, 11) is 1.32. The number of methoxy groups -OCH3 is 1. The van der Waals surface area contributed by atoms with E-state index in [4.69, 9.17) is 4.74 Å². The van der Waals surface area contributed by atoms with E-state index in [1.807, 2.05) is 55.5 Å². The molecule has 0 fully saturated rings. The maximum atomic E-state index is 13.2. The molecule has 0 aliphatic carbocycles. The Bertz CT molecular complexity index is 1220. The molecule has 0 bridgehead atoms. The lowest BCUT2D eigenvalue weighted by atomic mass is 10.1. The third-order valence-corrected chi connectivity index (χ3v) is 5.06. The Labute approximate surface area is 168 Å². The molecule has 0 radical (unpaired) electrons. The lowest BCUT2D eigenvalue weighted by molar-refractivity contribution is 0.0600. The van der Waals surface area contributed by atoms with Gasteiger partial charge in [0.1, 0.15) is 11.3 Å². The first-order valence-corrected chi connectivity index (χ1v) is 9.42. The fraction of sp³-hybridized carbons (Fsp3) is 0.174. The van der Waals surface area contributed by atoms with Gasteiger partial charge in [0.25, 0.3) is 5.56 Å². The molecule has 0 amide bonds. The summed E-state index contributed by atoms with van der Waals surface area (Å²) in [4.78, 5) is 25.6. The van der Waals surface area contributed by atoms with Gasteiger partial charge in [-0.1, -0.05) is 37.3 Å². The molecule has 4 rings (SSSR count). The van der Waals surface area contributed by atoms with Gasteiger partial charge < -0.3 is 9.30 Å². The zero-order valence-corrected chi connectivity index (χ0v) is 16.5.